The van der Waals surface area contributed by atoms with Crippen molar-refractivity contribution in [3.8, 4) is 0 Å². The summed E-state index contributed by atoms with van der Waals surface area (Å²) in [6, 6.07) is 9.95. The average Bonchev–Trinajstić information content (AvgIpc) is 2.86. The molecule has 0 spiro atoms. The first-order valence-electron chi connectivity index (χ1n) is 13.0. The maximum atomic E-state index is 13.1. The Kier molecular flexibility index (Phi) is 8.88. The number of nitrogens with one attached hydrogen (secondary N) is 1. The molecule has 2 amide bonds. The van der Waals surface area contributed by atoms with Gasteiger partial charge in [-0.2, -0.15) is 0 Å². The SMILES string of the molecule is CC(=O)N1CCCCCCCN(C2CCOCC2)Cc2cc(C(=O)Nc3ccc(C)nc3)ccc21. The number of ether oxygens (including phenoxy) is 1. The van der Waals surface area contributed by atoms with Gasteiger partial charge in [0.15, 0.2) is 0 Å². The second-order valence-corrected chi connectivity index (χ2v) is 9.74. The number of benzene rings is 1. The Morgan fingerprint density at radius 2 is 1.74 bits per heavy atom. The Hall–Kier alpha value is -2.77. The lowest BCUT2D eigenvalue weighted by Gasteiger charge is -2.36. The number of nitrogens with zero attached hydrogens (tertiary/aromatic N) is 3. The smallest absolute Gasteiger partial charge is 0.255 e. The summed E-state index contributed by atoms with van der Waals surface area (Å²) < 4.78 is 5.62. The molecule has 0 unspecified atom stereocenters. The van der Waals surface area contributed by atoms with Crippen molar-refractivity contribution in [3.05, 3.63) is 53.3 Å². The molecule has 1 saturated heterocycles. The predicted octanol–water partition coefficient (Wildman–Crippen LogP) is 4.94. The van der Waals surface area contributed by atoms with E-state index in [1.165, 1.54) is 19.3 Å². The van der Waals surface area contributed by atoms with E-state index < -0.39 is 0 Å². The molecule has 0 aliphatic carbocycles. The quantitative estimate of drug-likeness (QED) is 0.676. The molecule has 2 aliphatic heterocycles. The summed E-state index contributed by atoms with van der Waals surface area (Å²) in [4.78, 5) is 34.5. The summed E-state index contributed by atoms with van der Waals surface area (Å²) in [7, 11) is 0. The summed E-state index contributed by atoms with van der Waals surface area (Å²) >= 11 is 0. The van der Waals surface area contributed by atoms with Crippen molar-refractivity contribution in [2.24, 2.45) is 0 Å². The van der Waals surface area contributed by atoms with Crippen molar-refractivity contribution in [2.75, 3.05) is 36.5 Å². The second-order valence-electron chi connectivity index (χ2n) is 9.74. The van der Waals surface area contributed by atoms with Crippen molar-refractivity contribution in [1.29, 1.82) is 0 Å². The highest BCUT2D eigenvalue weighted by Crippen LogP contribution is 2.28. The fraction of sp³-hybridized carbons (Fsp3) is 0.536. The largest absolute Gasteiger partial charge is 0.381 e. The van der Waals surface area contributed by atoms with Crippen molar-refractivity contribution < 1.29 is 14.3 Å². The van der Waals surface area contributed by atoms with Crippen LogP contribution >= 0.6 is 0 Å². The van der Waals surface area contributed by atoms with Crippen LogP contribution in [-0.2, 0) is 16.1 Å². The second kappa shape index (κ2) is 12.3. The third-order valence-electron chi connectivity index (χ3n) is 7.09. The van der Waals surface area contributed by atoms with Crippen LogP contribution in [0.1, 0.15) is 73.5 Å². The number of fused-ring (bicyclic) bond motifs is 1. The number of carbonyl (C=O) groups is 2. The number of rotatable bonds is 3. The molecule has 7 nitrogen and oxygen atoms in total. The minimum Gasteiger partial charge on any atom is -0.381 e. The molecule has 0 radical (unpaired) electrons. The van der Waals surface area contributed by atoms with E-state index in [2.05, 4.69) is 15.2 Å². The molecule has 1 aromatic carbocycles. The molecule has 1 aromatic heterocycles. The van der Waals surface area contributed by atoms with Crippen molar-refractivity contribution in [3.63, 3.8) is 0 Å². The summed E-state index contributed by atoms with van der Waals surface area (Å²) in [5.41, 5.74) is 4.11. The van der Waals surface area contributed by atoms with Gasteiger partial charge in [-0.25, -0.2) is 0 Å². The number of aromatic nitrogens is 1. The Morgan fingerprint density at radius 3 is 2.46 bits per heavy atom. The fourth-order valence-electron chi connectivity index (χ4n) is 5.08. The van der Waals surface area contributed by atoms with Gasteiger partial charge in [0.25, 0.3) is 5.91 Å². The van der Waals surface area contributed by atoms with Crippen LogP contribution in [0.15, 0.2) is 36.5 Å². The molecule has 3 heterocycles. The van der Waals surface area contributed by atoms with Gasteiger partial charge < -0.3 is 15.0 Å². The Labute approximate surface area is 208 Å². The number of pyridine rings is 1. The zero-order chi connectivity index (χ0) is 24.6. The maximum Gasteiger partial charge on any atom is 0.255 e. The molecule has 7 heteroatoms. The third kappa shape index (κ3) is 6.89. The Balaban J connectivity index is 1.65. The van der Waals surface area contributed by atoms with Crippen LogP contribution in [0.3, 0.4) is 0 Å². The van der Waals surface area contributed by atoms with E-state index in [9.17, 15) is 9.59 Å². The van der Waals surface area contributed by atoms with Gasteiger partial charge in [0.2, 0.25) is 5.91 Å². The number of aryl methyl sites for hydroxylation is 1. The number of carbonyl (C=O) groups excluding carboxylic acids is 2. The summed E-state index contributed by atoms with van der Waals surface area (Å²) in [5, 5.41) is 2.96. The van der Waals surface area contributed by atoms with E-state index in [0.29, 0.717) is 23.8 Å². The minimum absolute atomic E-state index is 0.0452. The van der Waals surface area contributed by atoms with Crippen molar-refractivity contribution in [2.45, 2.75) is 71.4 Å². The van der Waals surface area contributed by atoms with E-state index in [1.807, 2.05) is 42.2 Å². The van der Waals surface area contributed by atoms with E-state index in [1.54, 1.807) is 13.1 Å². The fourth-order valence-corrected chi connectivity index (χ4v) is 5.08. The highest BCUT2D eigenvalue weighted by Gasteiger charge is 2.25. The minimum atomic E-state index is -0.170. The summed E-state index contributed by atoms with van der Waals surface area (Å²) in [6.07, 6.45) is 9.41. The molecular weight excluding hydrogens is 440 g/mol. The van der Waals surface area contributed by atoms with Gasteiger partial charge in [-0.1, -0.05) is 19.3 Å². The normalized spacial score (nSPS) is 18.7. The molecule has 0 bridgehead atoms. The summed E-state index contributed by atoms with van der Waals surface area (Å²) in [5.74, 6) is -0.125. The van der Waals surface area contributed by atoms with Crippen LogP contribution < -0.4 is 10.2 Å². The first-order chi connectivity index (χ1) is 17.0. The Morgan fingerprint density at radius 1 is 1.00 bits per heavy atom. The first kappa shape index (κ1) is 25.3. The van der Waals surface area contributed by atoms with E-state index in [-0.39, 0.29) is 11.8 Å². The molecule has 4 rings (SSSR count). The monoisotopic (exact) mass is 478 g/mol. The molecular formula is C28H38N4O3. The standard InChI is InChI=1S/C28H38N4O3/c1-21-8-10-25(19-29-21)30-28(34)23-9-11-27-24(18-23)20-31(26-12-16-35-17-13-26)14-6-4-3-5-7-15-32(27)22(2)33/h8-11,18-19,26H,3-7,12-17,20H2,1-2H3,(H,30,34). The van der Waals surface area contributed by atoms with Crippen molar-refractivity contribution in [1.82, 2.24) is 9.88 Å². The third-order valence-corrected chi connectivity index (χ3v) is 7.09. The van der Waals surface area contributed by atoms with Gasteiger partial charge in [0.1, 0.15) is 0 Å². The molecule has 1 N–H and O–H groups in total. The van der Waals surface area contributed by atoms with E-state index in [0.717, 1.165) is 68.9 Å². The van der Waals surface area contributed by atoms with Crippen LogP contribution in [0.5, 0.6) is 0 Å². The van der Waals surface area contributed by atoms with Gasteiger partial charge in [-0.15, -0.1) is 0 Å². The zero-order valence-corrected chi connectivity index (χ0v) is 21.1. The van der Waals surface area contributed by atoms with Crippen molar-refractivity contribution >= 4 is 23.2 Å². The lowest BCUT2D eigenvalue weighted by atomic mass is 10.0. The van der Waals surface area contributed by atoms with Crippen LogP contribution in [0, 0.1) is 6.92 Å². The summed E-state index contributed by atoms with van der Waals surface area (Å²) in [6.45, 7) is 7.59. The average molecular weight is 479 g/mol. The Bertz CT molecular complexity index is 1000. The lowest BCUT2D eigenvalue weighted by molar-refractivity contribution is -0.116. The maximum absolute atomic E-state index is 13.1. The molecule has 35 heavy (non-hydrogen) atoms. The van der Waals surface area contributed by atoms with Gasteiger partial charge in [0, 0.05) is 56.2 Å². The van der Waals surface area contributed by atoms with Crippen LogP contribution in [0.2, 0.25) is 0 Å². The number of hydrogen-bond acceptors (Lipinski definition) is 5. The van der Waals surface area contributed by atoms with Gasteiger partial charge in [0.05, 0.1) is 11.9 Å². The van der Waals surface area contributed by atoms with E-state index >= 15 is 0 Å². The molecule has 1 fully saturated rings. The van der Waals surface area contributed by atoms with Gasteiger partial charge in [-0.3, -0.25) is 19.5 Å². The van der Waals surface area contributed by atoms with Crippen LogP contribution in [0.25, 0.3) is 0 Å². The molecule has 0 saturated carbocycles. The van der Waals surface area contributed by atoms with E-state index in [4.69, 9.17) is 4.74 Å². The van der Waals surface area contributed by atoms with Crippen LogP contribution in [0.4, 0.5) is 11.4 Å². The van der Waals surface area contributed by atoms with Gasteiger partial charge >= 0.3 is 0 Å². The molecule has 2 aromatic rings. The highest BCUT2D eigenvalue weighted by molar-refractivity contribution is 6.05. The lowest BCUT2D eigenvalue weighted by Crippen LogP contribution is -2.40. The molecule has 188 valence electrons. The topological polar surface area (TPSA) is 74.8 Å². The van der Waals surface area contributed by atoms with Crippen LogP contribution in [-0.4, -0.2) is 54.0 Å². The molecule has 2 aliphatic rings. The predicted molar refractivity (Wildman–Crippen MR) is 139 cm³/mol. The molecule has 0 atom stereocenters. The highest BCUT2D eigenvalue weighted by atomic mass is 16.5. The first-order valence-corrected chi connectivity index (χ1v) is 13.0. The number of hydrogen-bond donors (Lipinski definition) is 1. The number of anilines is 2. The van der Waals surface area contributed by atoms with Gasteiger partial charge in [-0.05, 0) is 75.0 Å². The number of amides is 2. The zero-order valence-electron chi connectivity index (χ0n) is 21.1.